The van der Waals surface area contributed by atoms with Crippen LogP contribution in [0.25, 0.3) is 54.6 Å². The summed E-state index contributed by atoms with van der Waals surface area (Å²) in [6.07, 6.45) is 0. The lowest BCUT2D eigenvalue weighted by Gasteiger charge is -2.17. The van der Waals surface area contributed by atoms with E-state index in [2.05, 4.69) is 40.2 Å². The minimum Gasteiger partial charge on any atom is -0.0622 e. The van der Waals surface area contributed by atoms with E-state index in [0.717, 1.165) is 47.9 Å². The predicted molar refractivity (Wildman–Crippen MR) is 138 cm³/mol. The van der Waals surface area contributed by atoms with Crippen molar-refractivity contribution in [1.29, 1.82) is 0 Å². The molecule has 0 aliphatic carbocycles. The van der Waals surface area contributed by atoms with Crippen LogP contribution in [0.1, 0.15) is 6.85 Å². The quantitative estimate of drug-likeness (QED) is 0.224. The average molecular weight is 464 g/mol. The number of hydrogen-bond donors (Lipinski definition) is 0. The molecule has 0 nitrogen and oxygen atoms in total. The summed E-state index contributed by atoms with van der Waals surface area (Å²) in [4.78, 5) is 0. The molecule has 0 unspecified atom stereocenters. The van der Waals surface area contributed by atoms with Crippen LogP contribution in [0.3, 0.4) is 0 Å². The normalized spacial score (nSPS) is 13.6. The van der Waals surface area contributed by atoms with Crippen molar-refractivity contribution < 1.29 is 6.85 Å². The van der Waals surface area contributed by atoms with Crippen molar-refractivity contribution >= 4 is 48.2 Å². The van der Waals surface area contributed by atoms with Crippen molar-refractivity contribution in [3.8, 4) is 22.3 Å². The Morgan fingerprint density at radius 1 is 0.484 bits per heavy atom. The average Bonchev–Trinajstić information content (AvgIpc) is 2.92. The number of halogens is 1. The van der Waals surface area contributed by atoms with Gasteiger partial charge in [0.1, 0.15) is 0 Å². The number of hydrogen-bond acceptors (Lipinski definition) is 0. The maximum atomic E-state index is 8.53. The van der Waals surface area contributed by atoms with Crippen molar-refractivity contribution in [2.45, 2.75) is 0 Å². The summed E-state index contributed by atoms with van der Waals surface area (Å²) in [6.45, 7) is 0. The fourth-order valence-electron chi connectivity index (χ4n) is 4.49. The zero-order valence-electron chi connectivity index (χ0n) is 21.5. The highest BCUT2D eigenvalue weighted by molar-refractivity contribution is 9.10. The first-order chi connectivity index (χ1) is 17.4. The molecule has 6 aromatic rings. The Morgan fingerprint density at radius 3 is 1.52 bits per heavy atom. The largest absolute Gasteiger partial charge is 0.0629 e. The van der Waals surface area contributed by atoms with E-state index in [1.54, 1.807) is 0 Å². The number of rotatable bonds is 2. The Labute approximate surface area is 196 Å². The lowest BCUT2D eigenvalue weighted by atomic mass is 9.87. The van der Waals surface area contributed by atoms with Crippen LogP contribution >= 0.6 is 15.9 Å². The van der Waals surface area contributed by atoms with E-state index in [4.69, 9.17) is 6.85 Å². The molecular weight excluding hydrogens is 440 g/mol. The molecule has 0 spiro atoms. The monoisotopic (exact) mass is 463 g/mol. The molecule has 0 radical (unpaired) electrons. The van der Waals surface area contributed by atoms with Gasteiger partial charge in [-0.2, -0.15) is 0 Å². The first-order valence-corrected chi connectivity index (χ1v) is 10.9. The van der Waals surface area contributed by atoms with Gasteiger partial charge in [0.25, 0.3) is 0 Å². The molecule has 6 aromatic carbocycles. The topological polar surface area (TPSA) is 0 Å². The summed E-state index contributed by atoms with van der Waals surface area (Å²) < 4.78 is 42.4. The molecule has 0 saturated carbocycles. The van der Waals surface area contributed by atoms with Gasteiger partial charge in [0, 0.05) is 4.47 Å². The number of benzene rings is 6. The molecule has 6 rings (SSSR count). The van der Waals surface area contributed by atoms with Crippen LogP contribution < -0.4 is 0 Å². The third kappa shape index (κ3) is 2.89. The minimum atomic E-state index is -0.387. The zero-order chi connectivity index (χ0) is 25.1. The number of fused-ring (bicyclic) bond motifs is 3. The van der Waals surface area contributed by atoms with E-state index in [0.29, 0.717) is 5.56 Å². The van der Waals surface area contributed by atoms with Crippen molar-refractivity contribution in [3.05, 3.63) is 120 Å². The second kappa shape index (κ2) is 7.37. The van der Waals surface area contributed by atoms with E-state index in [-0.39, 0.29) is 35.8 Å². The van der Waals surface area contributed by atoms with E-state index in [1.807, 2.05) is 60.7 Å². The van der Waals surface area contributed by atoms with Gasteiger partial charge in [0.2, 0.25) is 0 Å². The van der Waals surface area contributed by atoms with Gasteiger partial charge in [-0.25, -0.2) is 0 Å². The van der Waals surface area contributed by atoms with Crippen LogP contribution in [0.4, 0.5) is 0 Å². The van der Waals surface area contributed by atoms with E-state index in [9.17, 15) is 0 Å². The van der Waals surface area contributed by atoms with Crippen molar-refractivity contribution in [2.24, 2.45) is 0 Å². The van der Waals surface area contributed by atoms with Crippen LogP contribution in [0.5, 0.6) is 0 Å². The van der Waals surface area contributed by atoms with Gasteiger partial charge in [-0.1, -0.05) is 115 Å². The summed E-state index contributed by atoms with van der Waals surface area (Å²) in [5, 5.41) is 6.26. The standard InChI is InChI=1S/C30H19Br/c31-30-27-16-8-6-14-24(27)29(25-15-7-9-17-28(25)30)26-19-18-21(20-10-2-1-3-11-20)22-12-4-5-13-23(22)26/h1-19H/i1D,2D,3D,10D,11D. The van der Waals surface area contributed by atoms with Crippen molar-refractivity contribution in [1.82, 2.24) is 0 Å². The summed E-state index contributed by atoms with van der Waals surface area (Å²) >= 11 is 3.82. The van der Waals surface area contributed by atoms with Crippen LogP contribution in [-0.4, -0.2) is 0 Å². The molecule has 31 heavy (non-hydrogen) atoms. The molecule has 146 valence electrons. The highest BCUT2D eigenvalue weighted by atomic mass is 79.9. The lowest BCUT2D eigenvalue weighted by Crippen LogP contribution is -1.90. The van der Waals surface area contributed by atoms with Gasteiger partial charge in [-0.3, -0.25) is 0 Å². The highest BCUT2D eigenvalue weighted by Crippen LogP contribution is 2.44. The predicted octanol–water partition coefficient (Wildman–Crippen LogP) is 9.24. The maximum absolute atomic E-state index is 8.53. The summed E-state index contributed by atoms with van der Waals surface area (Å²) in [6, 6.07) is 27.0. The molecule has 0 aromatic heterocycles. The van der Waals surface area contributed by atoms with Crippen molar-refractivity contribution in [2.75, 3.05) is 0 Å². The third-order valence-corrected chi connectivity index (χ3v) is 6.68. The van der Waals surface area contributed by atoms with E-state index < -0.39 is 0 Å². The van der Waals surface area contributed by atoms with E-state index in [1.165, 1.54) is 0 Å². The molecule has 0 aliphatic heterocycles. The molecule has 0 atom stereocenters. The molecule has 0 heterocycles. The molecule has 0 aliphatic rings. The summed E-state index contributed by atoms with van der Waals surface area (Å²) in [7, 11) is 0. The van der Waals surface area contributed by atoms with Gasteiger partial charge < -0.3 is 0 Å². The third-order valence-electron chi connectivity index (χ3n) is 5.83. The Hall–Kier alpha value is -3.42. The van der Waals surface area contributed by atoms with Crippen LogP contribution in [0.15, 0.2) is 120 Å². The minimum absolute atomic E-state index is 0.196. The van der Waals surface area contributed by atoms with E-state index >= 15 is 0 Å². The van der Waals surface area contributed by atoms with Crippen LogP contribution in [0.2, 0.25) is 0 Å². The van der Waals surface area contributed by atoms with Crippen LogP contribution in [-0.2, 0) is 0 Å². The zero-order valence-corrected chi connectivity index (χ0v) is 18.0. The second-order valence-corrected chi connectivity index (χ2v) is 8.28. The molecule has 0 bridgehead atoms. The van der Waals surface area contributed by atoms with Gasteiger partial charge >= 0.3 is 0 Å². The molecule has 1 heteroatoms. The summed E-state index contributed by atoms with van der Waals surface area (Å²) in [5.41, 5.74) is 2.97. The smallest absolute Gasteiger partial charge is 0.0622 e. The lowest BCUT2D eigenvalue weighted by molar-refractivity contribution is 1.64. The Bertz CT molecular complexity index is 1770. The SMILES string of the molecule is [2H]c1c([2H])c([2H])c(-c2ccc(-c3c4ccccc4c(Br)c4ccccc34)c3ccccc23)c([2H])c1[2H]. The Kier molecular flexibility index (Phi) is 3.28. The van der Waals surface area contributed by atoms with Gasteiger partial charge in [0.15, 0.2) is 0 Å². The van der Waals surface area contributed by atoms with Crippen molar-refractivity contribution in [3.63, 3.8) is 0 Å². The first-order valence-electron chi connectivity index (χ1n) is 12.6. The van der Waals surface area contributed by atoms with Crippen LogP contribution in [0, 0.1) is 0 Å². The maximum Gasteiger partial charge on any atom is 0.0629 e. The fraction of sp³-hybridized carbons (Fsp3) is 0. The molecule has 0 fully saturated rings. The molecule has 0 saturated heterocycles. The van der Waals surface area contributed by atoms with Gasteiger partial charge in [0.05, 0.1) is 6.85 Å². The molecule has 0 amide bonds. The van der Waals surface area contributed by atoms with Gasteiger partial charge in [-0.05, 0) is 70.5 Å². The Balaban J connectivity index is 1.76. The summed E-state index contributed by atoms with van der Waals surface area (Å²) in [5.74, 6) is 0. The van der Waals surface area contributed by atoms with Gasteiger partial charge in [-0.15, -0.1) is 0 Å². The Morgan fingerprint density at radius 2 is 0.935 bits per heavy atom. The first kappa shape index (κ1) is 13.8. The highest BCUT2D eigenvalue weighted by Gasteiger charge is 2.16. The molecule has 0 N–H and O–H groups in total. The fourth-order valence-corrected chi connectivity index (χ4v) is 5.18. The second-order valence-electron chi connectivity index (χ2n) is 7.49. The molecular formula is C30H19Br.